The number of nitrogens with one attached hydrogen (secondary N) is 1. The van der Waals surface area contributed by atoms with Gasteiger partial charge in [0.1, 0.15) is 11.9 Å². The van der Waals surface area contributed by atoms with Gasteiger partial charge in [0.05, 0.1) is 23.7 Å². The van der Waals surface area contributed by atoms with E-state index in [-0.39, 0.29) is 17.0 Å². The summed E-state index contributed by atoms with van der Waals surface area (Å²) in [4.78, 5) is -0.159. The first-order valence-electron chi connectivity index (χ1n) is 8.87. The van der Waals surface area contributed by atoms with Gasteiger partial charge in [-0.15, -0.1) is 0 Å². The summed E-state index contributed by atoms with van der Waals surface area (Å²) in [6.07, 6.45) is 0. The number of nitrogens with zero attached hydrogens (tertiary/aromatic N) is 1. The van der Waals surface area contributed by atoms with Gasteiger partial charge in [-0.25, -0.2) is 17.5 Å². The van der Waals surface area contributed by atoms with Gasteiger partial charge < -0.3 is 4.74 Å². The number of benzene rings is 3. The third kappa shape index (κ3) is 5.48. The van der Waals surface area contributed by atoms with Gasteiger partial charge >= 0.3 is 0 Å². The van der Waals surface area contributed by atoms with Crippen molar-refractivity contribution in [2.45, 2.75) is 24.7 Å². The lowest BCUT2D eigenvalue weighted by molar-refractivity contribution is 0.106. The number of hydrogen-bond donors (Lipinski definition) is 1. The first-order valence-corrected chi connectivity index (χ1v) is 10.4. The lowest BCUT2D eigenvalue weighted by Gasteiger charge is -2.12. The largest absolute Gasteiger partial charge is 0.372 e. The third-order valence-corrected chi connectivity index (χ3v) is 5.71. The fraction of sp³-hybridized carbons (Fsp3) is 0.136. The zero-order valence-corrected chi connectivity index (χ0v) is 16.3. The summed E-state index contributed by atoms with van der Waals surface area (Å²) < 4.78 is 46.7. The van der Waals surface area contributed by atoms with Crippen molar-refractivity contribution in [3.05, 3.63) is 101 Å². The third-order valence-electron chi connectivity index (χ3n) is 4.31. The van der Waals surface area contributed by atoms with Gasteiger partial charge in [-0.3, -0.25) is 0 Å². The Labute approximate surface area is 169 Å². The molecule has 5 nitrogen and oxygen atoms in total. The van der Waals surface area contributed by atoms with E-state index in [1.807, 2.05) is 54.6 Å². The van der Waals surface area contributed by atoms with Crippen molar-refractivity contribution in [3.8, 4) is 6.07 Å². The number of sulfonamides is 1. The smallest absolute Gasteiger partial charge is 0.240 e. The highest BCUT2D eigenvalue weighted by Gasteiger charge is 2.17. The molecule has 1 N–H and O–H groups in total. The second-order valence-corrected chi connectivity index (χ2v) is 8.09. The molecule has 29 heavy (non-hydrogen) atoms. The van der Waals surface area contributed by atoms with Crippen LogP contribution in [0.1, 0.15) is 22.3 Å². The van der Waals surface area contributed by atoms with Crippen molar-refractivity contribution < 1.29 is 17.5 Å². The van der Waals surface area contributed by atoms with E-state index in [1.165, 1.54) is 0 Å². The topological polar surface area (TPSA) is 79.2 Å². The molecule has 0 fully saturated rings. The molecular formula is C22H19FN2O3S. The van der Waals surface area contributed by atoms with Crippen LogP contribution >= 0.6 is 0 Å². The SMILES string of the molecule is N#Cc1cc(S(=O)(=O)NCc2ccccc2COCc2ccccc2)ccc1F. The Bertz CT molecular complexity index is 1130. The van der Waals surface area contributed by atoms with E-state index in [2.05, 4.69) is 4.72 Å². The van der Waals surface area contributed by atoms with E-state index in [4.69, 9.17) is 10.00 Å². The minimum absolute atomic E-state index is 0.0481. The van der Waals surface area contributed by atoms with Crippen LogP contribution in [0.3, 0.4) is 0 Å². The van der Waals surface area contributed by atoms with Crippen molar-refractivity contribution in [2.75, 3.05) is 0 Å². The molecule has 0 bridgehead atoms. The van der Waals surface area contributed by atoms with E-state index in [9.17, 15) is 12.8 Å². The summed E-state index contributed by atoms with van der Waals surface area (Å²) in [6.45, 7) is 0.835. The Morgan fingerprint density at radius 2 is 1.62 bits per heavy atom. The van der Waals surface area contributed by atoms with Gasteiger partial charge in [-0.2, -0.15) is 5.26 Å². The summed E-state index contributed by atoms with van der Waals surface area (Å²) in [6, 6.07) is 21.9. The molecule has 0 aliphatic rings. The number of rotatable bonds is 8. The second-order valence-electron chi connectivity index (χ2n) is 6.33. The van der Waals surface area contributed by atoms with Gasteiger partial charge in [0, 0.05) is 6.54 Å². The number of hydrogen-bond acceptors (Lipinski definition) is 4. The Kier molecular flexibility index (Phi) is 6.73. The molecule has 0 heterocycles. The highest BCUT2D eigenvalue weighted by atomic mass is 32.2. The van der Waals surface area contributed by atoms with Crippen LogP contribution in [0, 0.1) is 17.1 Å². The second kappa shape index (κ2) is 9.43. The molecule has 3 aromatic rings. The maximum absolute atomic E-state index is 13.5. The first kappa shape index (κ1) is 20.7. The molecule has 3 aromatic carbocycles. The average molecular weight is 410 g/mol. The minimum Gasteiger partial charge on any atom is -0.372 e. The van der Waals surface area contributed by atoms with Crippen LogP contribution in [0.4, 0.5) is 4.39 Å². The Morgan fingerprint density at radius 1 is 0.931 bits per heavy atom. The molecule has 0 atom stereocenters. The predicted molar refractivity (Wildman–Crippen MR) is 107 cm³/mol. The predicted octanol–water partition coefficient (Wildman–Crippen LogP) is 3.89. The standard InChI is InChI=1S/C22H19FN2O3S/c23-22-11-10-21(12-20(22)13-24)29(26,27)25-14-18-8-4-5-9-19(18)16-28-15-17-6-2-1-3-7-17/h1-12,25H,14-16H2. The van der Waals surface area contributed by atoms with Crippen LogP contribution in [-0.2, 0) is 34.5 Å². The van der Waals surface area contributed by atoms with Gasteiger partial charge in [0.25, 0.3) is 0 Å². The van der Waals surface area contributed by atoms with Crippen LogP contribution in [0.2, 0.25) is 0 Å². The van der Waals surface area contributed by atoms with Crippen molar-refractivity contribution in [1.82, 2.24) is 4.72 Å². The molecule has 0 saturated carbocycles. The van der Waals surface area contributed by atoms with Crippen molar-refractivity contribution in [3.63, 3.8) is 0 Å². The van der Waals surface area contributed by atoms with Crippen LogP contribution < -0.4 is 4.72 Å². The zero-order chi connectivity index (χ0) is 20.7. The summed E-state index contributed by atoms with van der Waals surface area (Å²) >= 11 is 0. The molecular weight excluding hydrogens is 391 g/mol. The molecule has 0 saturated heterocycles. The molecule has 7 heteroatoms. The fourth-order valence-electron chi connectivity index (χ4n) is 2.74. The van der Waals surface area contributed by atoms with E-state index in [0.29, 0.717) is 13.2 Å². The lowest BCUT2D eigenvalue weighted by atomic mass is 10.1. The monoisotopic (exact) mass is 410 g/mol. The molecule has 148 valence electrons. The van der Waals surface area contributed by atoms with Gasteiger partial charge in [0.2, 0.25) is 10.0 Å². The first-order chi connectivity index (χ1) is 14.0. The lowest BCUT2D eigenvalue weighted by Crippen LogP contribution is -2.24. The molecule has 0 amide bonds. The van der Waals surface area contributed by atoms with Crippen LogP contribution in [-0.4, -0.2) is 8.42 Å². The van der Waals surface area contributed by atoms with Gasteiger partial charge in [0.15, 0.2) is 0 Å². The zero-order valence-electron chi connectivity index (χ0n) is 15.5. The van der Waals surface area contributed by atoms with E-state index in [1.54, 1.807) is 6.07 Å². The van der Waals surface area contributed by atoms with Gasteiger partial charge in [-0.1, -0.05) is 54.6 Å². The molecule has 0 spiro atoms. The number of ether oxygens (including phenoxy) is 1. The maximum atomic E-state index is 13.5. The average Bonchev–Trinajstić information content (AvgIpc) is 2.74. The molecule has 0 unspecified atom stereocenters. The fourth-order valence-corrected chi connectivity index (χ4v) is 3.77. The summed E-state index contributed by atoms with van der Waals surface area (Å²) in [5.74, 6) is -0.757. The van der Waals surface area contributed by atoms with E-state index in [0.717, 1.165) is 34.9 Å². The summed E-state index contributed by atoms with van der Waals surface area (Å²) in [7, 11) is -3.90. The van der Waals surface area contributed by atoms with Crippen LogP contribution in [0.25, 0.3) is 0 Å². The van der Waals surface area contributed by atoms with Crippen LogP contribution in [0.5, 0.6) is 0 Å². The van der Waals surface area contributed by atoms with Crippen molar-refractivity contribution in [2.24, 2.45) is 0 Å². The highest BCUT2D eigenvalue weighted by Crippen LogP contribution is 2.16. The van der Waals surface area contributed by atoms with Crippen molar-refractivity contribution >= 4 is 10.0 Å². The number of halogens is 1. The molecule has 0 aliphatic heterocycles. The molecule has 0 aromatic heterocycles. The Hall–Kier alpha value is -3.05. The number of nitriles is 1. The minimum atomic E-state index is -3.90. The Balaban J connectivity index is 1.67. The van der Waals surface area contributed by atoms with Crippen LogP contribution in [0.15, 0.2) is 77.7 Å². The molecule has 0 aliphatic carbocycles. The maximum Gasteiger partial charge on any atom is 0.240 e. The summed E-state index contributed by atoms with van der Waals surface area (Å²) in [5.41, 5.74) is 2.37. The molecule has 3 rings (SSSR count). The van der Waals surface area contributed by atoms with Gasteiger partial charge in [-0.05, 0) is 34.9 Å². The Morgan fingerprint density at radius 3 is 2.34 bits per heavy atom. The summed E-state index contributed by atoms with van der Waals surface area (Å²) in [5, 5.41) is 8.90. The highest BCUT2D eigenvalue weighted by molar-refractivity contribution is 7.89. The normalized spacial score (nSPS) is 11.2. The van der Waals surface area contributed by atoms with E-state index < -0.39 is 15.8 Å². The van der Waals surface area contributed by atoms with E-state index >= 15 is 0 Å². The van der Waals surface area contributed by atoms with Crippen molar-refractivity contribution in [1.29, 1.82) is 5.26 Å². The molecule has 0 radical (unpaired) electrons. The quantitative estimate of drug-likeness (QED) is 0.611.